The molecule has 1 saturated heterocycles. The Hall–Kier alpha value is -0.869. The summed E-state index contributed by atoms with van der Waals surface area (Å²) in [4.78, 5) is 0. The van der Waals surface area contributed by atoms with Crippen LogP contribution in [0.15, 0.2) is 36.9 Å². The Labute approximate surface area is 315 Å². The van der Waals surface area contributed by atoms with Crippen LogP contribution in [0.25, 0.3) is 0 Å². The molecule has 1 N–H and O–H groups in total. The first-order valence-electron chi connectivity index (χ1n) is 19.0. The fourth-order valence-corrected chi connectivity index (χ4v) is 8.83. The molecule has 1 heterocycles. The Morgan fingerprint density at radius 2 is 1.47 bits per heavy atom. The second-order valence-electron chi connectivity index (χ2n) is 19.2. The molecule has 0 bridgehead atoms. The molecule has 296 valence electrons. The summed E-state index contributed by atoms with van der Waals surface area (Å²) in [5.41, 5.74) is 0.444. The van der Waals surface area contributed by atoms with Gasteiger partial charge in [0.2, 0.25) is 0 Å². The highest BCUT2D eigenvalue weighted by Crippen LogP contribution is 2.51. The van der Waals surface area contributed by atoms with Crippen molar-refractivity contribution in [2.45, 2.75) is 148 Å². The molecule has 1 aromatic rings. The molecule has 0 aromatic heterocycles. The third kappa shape index (κ3) is 13.7. The van der Waals surface area contributed by atoms with Crippen molar-refractivity contribution < 1.29 is 37.6 Å². The third-order valence-corrected chi connectivity index (χ3v) is 22.2. The van der Waals surface area contributed by atoms with Crippen LogP contribution in [0.4, 0.5) is 0 Å². The molecular weight excluding hydrogens is 693 g/mol. The maximum Gasteiger partial charge on any atom is 0.192 e. The molecule has 0 amide bonds. The van der Waals surface area contributed by atoms with Crippen molar-refractivity contribution in [3.63, 3.8) is 0 Å². The van der Waals surface area contributed by atoms with Crippen LogP contribution >= 0.6 is 0 Å². The van der Waals surface area contributed by atoms with Gasteiger partial charge in [0.25, 0.3) is 0 Å². The third-order valence-electron chi connectivity index (χ3n) is 11.5. The molecular formula is C40H76O8Si3. The molecule has 7 atom stereocenters. The molecule has 11 heteroatoms. The van der Waals surface area contributed by atoms with Crippen LogP contribution in [0.5, 0.6) is 5.75 Å². The van der Waals surface area contributed by atoms with E-state index >= 15 is 0 Å². The first-order valence-corrected chi connectivity index (χ1v) is 28.5. The Bertz CT molecular complexity index is 1190. The summed E-state index contributed by atoms with van der Waals surface area (Å²) in [6, 6.07) is 9.03. The first-order chi connectivity index (χ1) is 23.3. The molecule has 1 fully saturated rings. The van der Waals surface area contributed by atoms with E-state index in [2.05, 4.69) is 108 Å². The molecule has 0 spiro atoms. The van der Waals surface area contributed by atoms with Crippen LogP contribution in [0.2, 0.25) is 61.9 Å². The van der Waals surface area contributed by atoms with E-state index in [1.54, 1.807) is 13.2 Å². The second kappa shape index (κ2) is 18.6. The van der Waals surface area contributed by atoms with Gasteiger partial charge in [-0.05, 0) is 66.9 Å². The van der Waals surface area contributed by atoms with Gasteiger partial charge < -0.3 is 37.6 Å². The van der Waals surface area contributed by atoms with E-state index < -0.39 is 48.4 Å². The molecule has 1 aliphatic rings. The minimum absolute atomic E-state index is 0.00470. The van der Waals surface area contributed by atoms with Crippen LogP contribution in [-0.4, -0.2) is 94.1 Å². The summed E-state index contributed by atoms with van der Waals surface area (Å²) < 4.78 is 44.3. The Kier molecular flexibility index (Phi) is 16.9. The van der Waals surface area contributed by atoms with Crippen molar-refractivity contribution in [1.29, 1.82) is 0 Å². The Morgan fingerprint density at radius 3 is 1.98 bits per heavy atom. The first kappa shape index (κ1) is 46.3. The quantitative estimate of drug-likeness (QED) is 0.0388. The standard InChI is InChI=1S/C40H76O8Si3/c1-18-32(27-45-29-43-23-24-49(11,12)13)35(41)34(28-46-50(14,15)38(3,4)5)37(48-51(16,17)39(6,7)8)40(9)36(47-40)30(2)25-44-26-31-19-21-33(42-10)22-20-31/h18-22,30,32,34-37,41H,1,23-29H2,2-17H3/t30-,32-,34-,35+,36+,37-,40-/m0/s1. The molecule has 0 aliphatic carbocycles. The van der Waals surface area contributed by atoms with Gasteiger partial charge in [-0.1, -0.05) is 86.3 Å². The number of methoxy groups -OCH3 is 1. The normalized spacial score (nSPS) is 21.9. The second-order valence-corrected chi connectivity index (χ2v) is 34.4. The summed E-state index contributed by atoms with van der Waals surface area (Å²) in [7, 11) is -4.07. The van der Waals surface area contributed by atoms with E-state index in [1.165, 1.54) is 0 Å². The van der Waals surface area contributed by atoms with Crippen molar-refractivity contribution in [3.05, 3.63) is 42.5 Å². The summed E-state index contributed by atoms with van der Waals surface area (Å²) in [6.45, 7) is 40.5. The van der Waals surface area contributed by atoms with Gasteiger partial charge in [-0.15, -0.1) is 6.58 Å². The fraction of sp³-hybridized carbons (Fsp3) is 0.800. The highest BCUT2D eigenvalue weighted by Gasteiger charge is 2.64. The number of aliphatic hydroxyl groups is 1. The number of aliphatic hydroxyl groups excluding tert-OH is 1. The summed E-state index contributed by atoms with van der Waals surface area (Å²) in [6.07, 6.45) is 0.428. The van der Waals surface area contributed by atoms with E-state index in [0.29, 0.717) is 26.4 Å². The number of benzene rings is 1. The maximum absolute atomic E-state index is 12.4. The fourth-order valence-electron chi connectivity index (χ4n) is 5.64. The van der Waals surface area contributed by atoms with Crippen LogP contribution in [-0.2, 0) is 34.4 Å². The number of hydrogen-bond acceptors (Lipinski definition) is 8. The largest absolute Gasteiger partial charge is 0.497 e. The summed E-state index contributed by atoms with van der Waals surface area (Å²) >= 11 is 0. The average Bonchev–Trinajstić information content (AvgIpc) is 3.71. The van der Waals surface area contributed by atoms with E-state index in [0.717, 1.165) is 17.4 Å². The Morgan fingerprint density at radius 1 is 0.882 bits per heavy atom. The van der Waals surface area contributed by atoms with E-state index in [9.17, 15) is 5.11 Å². The van der Waals surface area contributed by atoms with Crippen molar-refractivity contribution in [3.8, 4) is 5.75 Å². The number of epoxide rings is 1. The predicted molar refractivity (Wildman–Crippen MR) is 218 cm³/mol. The lowest BCUT2D eigenvalue weighted by Gasteiger charge is -2.46. The lowest BCUT2D eigenvalue weighted by Crippen LogP contribution is -2.56. The molecule has 1 aliphatic heterocycles. The predicted octanol–water partition coefficient (Wildman–Crippen LogP) is 9.53. The van der Waals surface area contributed by atoms with Crippen molar-refractivity contribution in [2.24, 2.45) is 17.8 Å². The molecule has 0 unspecified atom stereocenters. The van der Waals surface area contributed by atoms with E-state index in [4.69, 9.17) is 32.5 Å². The maximum atomic E-state index is 12.4. The Balaban J connectivity index is 2.38. The topological polar surface area (TPSA) is 88.1 Å². The average molecular weight is 769 g/mol. The lowest BCUT2D eigenvalue weighted by molar-refractivity contribution is -0.0925. The zero-order valence-electron chi connectivity index (χ0n) is 35.3. The van der Waals surface area contributed by atoms with Crippen molar-refractivity contribution in [1.82, 2.24) is 0 Å². The monoisotopic (exact) mass is 768 g/mol. The number of hydrogen-bond donors (Lipinski definition) is 1. The minimum Gasteiger partial charge on any atom is -0.497 e. The van der Waals surface area contributed by atoms with Gasteiger partial charge in [0, 0.05) is 39.0 Å². The van der Waals surface area contributed by atoms with Crippen LogP contribution in [0, 0.1) is 17.8 Å². The summed E-state index contributed by atoms with van der Waals surface area (Å²) in [5, 5.41) is 12.3. The van der Waals surface area contributed by atoms with Gasteiger partial charge in [-0.2, -0.15) is 0 Å². The van der Waals surface area contributed by atoms with Gasteiger partial charge >= 0.3 is 0 Å². The van der Waals surface area contributed by atoms with Gasteiger partial charge in [-0.25, -0.2) is 0 Å². The van der Waals surface area contributed by atoms with Crippen molar-refractivity contribution >= 4 is 24.7 Å². The number of ether oxygens (including phenoxy) is 5. The van der Waals surface area contributed by atoms with E-state index in [-0.39, 0.29) is 41.4 Å². The van der Waals surface area contributed by atoms with E-state index in [1.807, 2.05) is 24.3 Å². The molecule has 8 nitrogen and oxygen atoms in total. The molecule has 2 rings (SSSR count). The molecule has 0 saturated carbocycles. The minimum atomic E-state index is -2.35. The zero-order chi connectivity index (χ0) is 39.1. The lowest BCUT2D eigenvalue weighted by atomic mass is 9.80. The summed E-state index contributed by atoms with van der Waals surface area (Å²) in [5.74, 6) is 0.183. The van der Waals surface area contributed by atoms with Crippen LogP contribution in [0.3, 0.4) is 0 Å². The molecule has 0 radical (unpaired) electrons. The van der Waals surface area contributed by atoms with Crippen LogP contribution in [0.1, 0.15) is 61.0 Å². The van der Waals surface area contributed by atoms with Crippen LogP contribution < -0.4 is 4.74 Å². The molecule has 1 aromatic carbocycles. The van der Waals surface area contributed by atoms with Gasteiger partial charge in [0.1, 0.15) is 18.1 Å². The SMILES string of the molecule is C=C[C@@H](COCOCC[Si](C)(C)C)[C@@H](O)[C@H](CO[Si](C)(C)C(C)(C)C)[C@H](O[Si](C)(C)C(C)(C)C)[C@@]1(C)O[C@@H]1[C@@H](C)COCc1ccc(OC)cc1. The number of rotatable bonds is 23. The zero-order valence-corrected chi connectivity index (χ0v) is 38.3. The highest BCUT2D eigenvalue weighted by molar-refractivity contribution is 6.76. The molecule has 51 heavy (non-hydrogen) atoms. The highest BCUT2D eigenvalue weighted by atomic mass is 28.4. The smallest absolute Gasteiger partial charge is 0.192 e. The van der Waals surface area contributed by atoms with Gasteiger partial charge in [0.15, 0.2) is 16.6 Å². The van der Waals surface area contributed by atoms with Gasteiger partial charge in [0.05, 0.1) is 45.2 Å². The van der Waals surface area contributed by atoms with Gasteiger partial charge in [-0.3, -0.25) is 0 Å². The van der Waals surface area contributed by atoms with Crippen molar-refractivity contribution in [2.75, 3.05) is 40.3 Å².